The van der Waals surface area contributed by atoms with Crippen molar-refractivity contribution in [3.63, 3.8) is 0 Å². The first kappa shape index (κ1) is 12.1. The Balaban J connectivity index is 1.79. The van der Waals surface area contributed by atoms with Gasteiger partial charge in [-0.1, -0.05) is 17.8 Å². The van der Waals surface area contributed by atoms with E-state index in [0.29, 0.717) is 10.0 Å². The predicted octanol–water partition coefficient (Wildman–Crippen LogP) is 0.849. The number of ketones is 1. The summed E-state index contributed by atoms with van der Waals surface area (Å²) in [5, 5.41) is 13.9. The Labute approximate surface area is 114 Å². The molecule has 0 amide bonds. The lowest BCUT2D eigenvalue weighted by Crippen LogP contribution is -2.10. The highest BCUT2D eigenvalue weighted by Crippen LogP contribution is 2.18. The summed E-state index contributed by atoms with van der Waals surface area (Å²) in [6, 6.07) is 3.62. The maximum atomic E-state index is 11.8. The van der Waals surface area contributed by atoms with E-state index in [1.165, 1.54) is 27.6 Å². The number of nitrogens with zero attached hydrogens (tertiary/aromatic N) is 4. The third-order valence-electron chi connectivity index (χ3n) is 2.27. The number of thiophene rings is 1. The van der Waals surface area contributed by atoms with Crippen LogP contribution in [0.3, 0.4) is 0 Å². The molecule has 3 aromatic heterocycles. The van der Waals surface area contributed by atoms with Gasteiger partial charge in [-0.25, -0.2) is 0 Å². The van der Waals surface area contributed by atoms with E-state index in [1.54, 1.807) is 6.07 Å². The van der Waals surface area contributed by atoms with Crippen LogP contribution in [0, 0.1) is 0 Å². The summed E-state index contributed by atoms with van der Waals surface area (Å²) >= 11 is 2.64. The fourth-order valence-corrected chi connectivity index (χ4v) is 2.95. The van der Waals surface area contributed by atoms with E-state index in [-0.39, 0.29) is 22.9 Å². The van der Waals surface area contributed by atoms with Crippen molar-refractivity contribution in [2.24, 2.45) is 0 Å². The number of hydrogen-bond acceptors (Lipinski definition) is 7. The van der Waals surface area contributed by atoms with Crippen molar-refractivity contribution in [3.8, 4) is 0 Å². The van der Waals surface area contributed by atoms with Crippen molar-refractivity contribution in [1.29, 1.82) is 0 Å². The molecule has 96 valence electrons. The molecule has 3 aromatic rings. The van der Waals surface area contributed by atoms with Gasteiger partial charge in [0.2, 0.25) is 5.16 Å². The number of thioether (sulfide) groups is 1. The quantitative estimate of drug-likeness (QED) is 0.566. The third kappa shape index (κ3) is 2.42. The number of nitrogens with one attached hydrogen (secondary N) is 1. The van der Waals surface area contributed by atoms with Gasteiger partial charge < -0.3 is 0 Å². The second-order valence-corrected chi connectivity index (χ2v) is 5.43. The lowest BCUT2D eigenvalue weighted by atomic mass is 10.4. The summed E-state index contributed by atoms with van der Waals surface area (Å²) in [6.07, 6.45) is 1.14. The van der Waals surface area contributed by atoms with Crippen LogP contribution in [0.2, 0.25) is 0 Å². The molecule has 19 heavy (non-hydrogen) atoms. The molecule has 0 aliphatic heterocycles. The van der Waals surface area contributed by atoms with Gasteiger partial charge in [0.25, 0.3) is 11.3 Å². The number of aromatic nitrogens is 5. The highest BCUT2D eigenvalue weighted by Gasteiger charge is 2.12. The number of aromatic amines is 1. The second kappa shape index (κ2) is 4.94. The maximum absolute atomic E-state index is 11.8. The molecule has 7 nitrogen and oxygen atoms in total. The van der Waals surface area contributed by atoms with Gasteiger partial charge in [-0.3, -0.25) is 14.6 Å². The Morgan fingerprint density at radius 2 is 2.37 bits per heavy atom. The van der Waals surface area contributed by atoms with Gasteiger partial charge in [-0.05, 0) is 11.4 Å². The molecule has 3 rings (SSSR count). The third-order valence-corrected chi connectivity index (χ3v) is 4.10. The van der Waals surface area contributed by atoms with Gasteiger partial charge in [0.05, 0.1) is 10.6 Å². The Morgan fingerprint density at radius 3 is 3.16 bits per heavy atom. The summed E-state index contributed by atoms with van der Waals surface area (Å²) in [7, 11) is 0. The molecule has 0 saturated carbocycles. The number of fused-ring (bicyclic) bond motifs is 1. The van der Waals surface area contributed by atoms with Gasteiger partial charge in [0, 0.05) is 0 Å². The SMILES string of the molecule is O=C(CSc1nnc2[nH]c(=O)cnn12)c1cccs1. The largest absolute Gasteiger partial charge is 0.292 e. The number of rotatable bonds is 4. The van der Waals surface area contributed by atoms with Gasteiger partial charge >= 0.3 is 0 Å². The average Bonchev–Trinajstić information content (AvgIpc) is 3.05. The molecule has 1 N–H and O–H groups in total. The zero-order valence-corrected chi connectivity index (χ0v) is 11.1. The van der Waals surface area contributed by atoms with Crippen LogP contribution in [-0.4, -0.2) is 36.3 Å². The molecule has 0 unspecified atom stereocenters. The molecular formula is C10H7N5O2S2. The molecule has 0 aliphatic rings. The molecule has 9 heteroatoms. The molecule has 0 aromatic carbocycles. The summed E-state index contributed by atoms with van der Waals surface area (Å²) in [5.41, 5.74) is -0.342. The standard InChI is InChI=1S/C10H7N5O2S2/c16-6(7-2-1-3-18-7)5-19-10-14-13-9-12-8(17)4-11-15(9)10/h1-4H,5H2,(H,12,13,17). The topological polar surface area (TPSA) is 93.0 Å². The lowest BCUT2D eigenvalue weighted by Gasteiger charge is -1.97. The van der Waals surface area contributed by atoms with Gasteiger partial charge in [0.15, 0.2) is 5.78 Å². The molecule has 0 fully saturated rings. The first-order valence-electron chi connectivity index (χ1n) is 5.24. The number of carbonyl (C=O) groups excluding carboxylic acids is 1. The molecule has 0 radical (unpaired) electrons. The number of H-pyrrole nitrogens is 1. The van der Waals surface area contributed by atoms with Gasteiger partial charge in [-0.2, -0.15) is 9.61 Å². The first-order valence-corrected chi connectivity index (χ1v) is 7.11. The first-order chi connectivity index (χ1) is 9.24. The van der Waals surface area contributed by atoms with Crippen molar-refractivity contribution in [2.75, 3.05) is 5.75 Å². The minimum atomic E-state index is -0.342. The average molecular weight is 293 g/mol. The van der Waals surface area contributed by atoms with Crippen molar-refractivity contribution >= 4 is 34.7 Å². The fourth-order valence-electron chi connectivity index (χ4n) is 1.43. The monoisotopic (exact) mass is 293 g/mol. The van der Waals surface area contributed by atoms with Crippen molar-refractivity contribution in [3.05, 3.63) is 38.9 Å². The van der Waals surface area contributed by atoms with Crippen LogP contribution in [-0.2, 0) is 0 Å². The normalized spacial score (nSPS) is 10.9. The van der Waals surface area contributed by atoms with E-state index in [2.05, 4.69) is 20.3 Å². The van der Waals surface area contributed by atoms with Crippen LogP contribution >= 0.6 is 23.1 Å². The summed E-state index contributed by atoms with van der Waals surface area (Å²) in [4.78, 5) is 26.1. The second-order valence-electron chi connectivity index (χ2n) is 3.54. The zero-order chi connectivity index (χ0) is 13.2. The fraction of sp³-hybridized carbons (Fsp3) is 0.100. The number of Topliss-reactive ketones (excluding diaryl/α,β-unsaturated/α-hetero) is 1. The minimum Gasteiger partial charge on any atom is -0.292 e. The van der Waals surface area contributed by atoms with E-state index >= 15 is 0 Å². The zero-order valence-electron chi connectivity index (χ0n) is 9.44. The molecule has 0 atom stereocenters. The summed E-state index contributed by atoms with van der Waals surface area (Å²) < 4.78 is 1.40. The van der Waals surface area contributed by atoms with Gasteiger partial charge in [-0.15, -0.1) is 21.5 Å². The van der Waals surface area contributed by atoms with Crippen LogP contribution in [0.15, 0.2) is 33.7 Å². The van der Waals surface area contributed by atoms with E-state index < -0.39 is 0 Å². The predicted molar refractivity (Wildman–Crippen MR) is 70.8 cm³/mol. The van der Waals surface area contributed by atoms with Crippen molar-refractivity contribution in [1.82, 2.24) is 24.8 Å². The Bertz CT molecular complexity index is 777. The Hall–Kier alpha value is -2.00. The van der Waals surface area contributed by atoms with E-state index in [1.807, 2.05) is 11.4 Å². The van der Waals surface area contributed by atoms with E-state index in [9.17, 15) is 9.59 Å². The lowest BCUT2D eigenvalue weighted by molar-refractivity contribution is 0.102. The summed E-state index contributed by atoms with van der Waals surface area (Å²) in [5.74, 6) is 0.544. The molecular weight excluding hydrogens is 286 g/mol. The van der Waals surface area contributed by atoms with Crippen molar-refractivity contribution in [2.45, 2.75) is 5.16 Å². The van der Waals surface area contributed by atoms with E-state index in [0.717, 1.165) is 6.20 Å². The van der Waals surface area contributed by atoms with Crippen LogP contribution in [0.25, 0.3) is 5.78 Å². The number of hydrogen-bond donors (Lipinski definition) is 1. The Morgan fingerprint density at radius 1 is 1.47 bits per heavy atom. The van der Waals surface area contributed by atoms with Crippen LogP contribution < -0.4 is 5.56 Å². The minimum absolute atomic E-state index is 0.0289. The maximum Gasteiger partial charge on any atom is 0.271 e. The van der Waals surface area contributed by atoms with E-state index in [4.69, 9.17) is 0 Å². The molecule has 0 spiro atoms. The molecule has 0 bridgehead atoms. The van der Waals surface area contributed by atoms with Crippen LogP contribution in [0.1, 0.15) is 9.67 Å². The van der Waals surface area contributed by atoms with Gasteiger partial charge in [0.1, 0.15) is 6.20 Å². The van der Waals surface area contributed by atoms with Crippen molar-refractivity contribution < 1.29 is 4.79 Å². The van der Waals surface area contributed by atoms with Crippen LogP contribution in [0.4, 0.5) is 0 Å². The molecule has 0 saturated heterocycles. The number of carbonyl (C=O) groups is 1. The highest BCUT2D eigenvalue weighted by molar-refractivity contribution is 7.99. The van der Waals surface area contributed by atoms with Crippen LogP contribution in [0.5, 0.6) is 0 Å². The summed E-state index contributed by atoms with van der Waals surface area (Å²) in [6.45, 7) is 0. The molecule has 3 heterocycles. The smallest absolute Gasteiger partial charge is 0.271 e. The molecule has 0 aliphatic carbocycles. The Kier molecular flexibility index (Phi) is 3.13. The highest BCUT2D eigenvalue weighted by atomic mass is 32.2.